The first kappa shape index (κ1) is 21.8. The predicted octanol–water partition coefficient (Wildman–Crippen LogP) is 3.41. The smallest absolute Gasteiger partial charge is 0.276 e. The highest BCUT2D eigenvalue weighted by Crippen LogP contribution is 2.20. The van der Waals surface area contributed by atoms with E-state index in [9.17, 15) is 4.79 Å². The molecule has 4 rings (SSSR count). The van der Waals surface area contributed by atoms with E-state index in [0.717, 1.165) is 57.9 Å². The number of aromatic nitrogens is 1. The number of carbonyl (C=O) groups excluding carboxylic acids is 1. The van der Waals surface area contributed by atoms with Gasteiger partial charge in [-0.15, -0.1) is 0 Å². The Morgan fingerprint density at radius 2 is 1.77 bits per heavy atom. The molecule has 7 heteroatoms. The van der Waals surface area contributed by atoms with E-state index in [4.69, 9.17) is 9.15 Å². The standard InChI is InChI=1S/C24H34N4O3/c1-3-30-21-9-7-20(8-10-21)16-26-12-14-27(15-13-26)17-23-25-22(18-31-23)24(29)28-11-5-4-6-19(28)2/h7-10,18-19H,3-6,11-17H2,1-2H3. The molecule has 0 bridgehead atoms. The van der Waals surface area contributed by atoms with E-state index in [2.05, 4.69) is 33.8 Å². The van der Waals surface area contributed by atoms with Crippen molar-refractivity contribution in [3.63, 3.8) is 0 Å². The number of nitrogens with zero attached hydrogens (tertiary/aromatic N) is 4. The number of hydrogen-bond acceptors (Lipinski definition) is 6. The maximum absolute atomic E-state index is 12.8. The van der Waals surface area contributed by atoms with Gasteiger partial charge in [-0.05, 0) is 50.8 Å². The van der Waals surface area contributed by atoms with Crippen molar-refractivity contribution in [1.29, 1.82) is 0 Å². The molecule has 168 valence electrons. The second-order valence-corrected chi connectivity index (χ2v) is 8.60. The molecule has 0 spiro atoms. The van der Waals surface area contributed by atoms with Gasteiger partial charge in [0.05, 0.1) is 13.2 Å². The Morgan fingerprint density at radius 1 is 1.06 bits per heavy atom. The lowest BCUT2D eigenvalue weighted by molar-refractivity contribution is 0.0629. The lowest BCUT2D eigenvalue weighted by Crippen LogP contribution is -2.45. The molecule has 2 saturated heterocycles. The highest BCUT2D eigenvalue weighted by molar-refractivity contribution is 5.92. The van der Waals surface area contributed by atoms with Crippen LogP contribution in [-0.4, -0.2) is 71.0 Å². The molecule has 2 aliphatic rings. The second-order valence-electron chi connectivity index (χ2n) is 8.60. The minimum atomic E-state index is 0.00220. The minimum absolute atomic E-state index is 0.00220. The number of amides is 1. The highest BCUT2D eigenvalue weighted by atomic mass is 16.5. The molecular weight excluding hydrogens is 392 g/mol. The van der Waals surface area contributed by atoms with Crippen molar-refractivity contribution in [3.05, 3.63) is 47.7 Å². The number of hydrogen-bond donors (Lipinski definition) is 0. The number of oxazole rings is 1. The maximum atomic E-state index is 12.8. The third kappa shape index (κ3) is 5.66. The van der Waals surface area contributed by atoms with Gasteiger partial charge in [-0.1, -0.05) is 12.1 Å². The van der Waals surface area contributed by atoms with Crippen LogP contribution in [0.15, 0.2) is 34.9 Å². The van der Waals surface area contributed by atoms with Crippen LogP contribution in [0.2, 0.25) is 0 Å². The quantitative estimate of drug-likeness (QED) is 0.676. The van der Waals surface area contributed by atoms with Crippen molar-refractivity contribution in [2.75, 3.05) is 39.3 Å². The minimum Gasteiger partial charge on any atom is -0.494 e. The molecule has 1 unspecified atom stereocenters. The fourth-order valence-electron chi connectivity index (χ4n) is 4.44. The number of benzene rings is 1. The summed E-state index contributed by atoms with van der Waals surface area (Å²) in [4.78, 5) is 24.0. The van der Waals surface area contributed by atoms with Crippen LogP contribution in [0, 0.1) is 0 Å². The molecule has 1 atom stereocenters. The molecule has 0 saturated carbocycles. The molecule has 1 aromatic heterocycles. The van der Waals surface area contributed by atoms with E-state index in [1.54, 1.807) is 0 Å². The lowest BCUT2D eigenvalue weighted by atomic mass is 10.0. The topological polar surface area (TPSA) is 62.1 Å². The van der Waals surface area contributed by atoms with Gasteiger partial charge in [0.1, 0.15) is 12.0 Å². The largest absolute Gasteiger partial charge is 0.494 e. The summed E-state index contributed by atoms with van der Waals surface area (Å²) in [5, 5.41) is 0. The predicted molar refractivity (Wildman–Crippen MR) is 119 cm³/mol. The molecule has 2 aromatic rings. The highest BCUT2D eigenvalue weighted by Gasteiger charge is 2.27. The Labute approximate surface area is 185 Å². The lowest BCUT2D eigenvalue weighted by Gasteiger charge is -2.34. The Hall–Kier alpha value is -2.38. The third-order valence-corrected chi connectivity index (χ3v) is 6.30. The van der Waals surface area contributed by atoms with Crippen molar-refractivity contribution in [2.24, 2.45) is 0 Å². The summed E-state index contributed by atoms with van der Waals surface area (Å²) < 4.78 is 11.2. The molecule has 3 heterocycles. The Morgan fingerprint density at radius 3 is 2.45 bits per heavy atom. The van der Waals surface area contributed by atoms with Gasteiger partial charge >= 0.3 is 0 Å². The van der Waals surface area contributed by atoms with Gasteiger partial charge in [0.2, 0.25) is 5.89 Å². The van der Waals surface area contributed by atoms with E-state index in [1.165, 1.54) is 18.2 Å². The van der Waals surface area contributed by atoms with Crippen LogP contribution < -0.4 is 4.74 Å². The van der Waals surface area contributed by atoms with Crippen LogP contribution in [0.5, 0.6) is 5.75 Å². The molecule has 0 radical (unpaired) electrons. The van der Waals surface area contributed by atoms with Gasteiger partial charge in [0.15, 0.2) is 5.69 Å². The molecule has 2 fully saturated rings. The monoisotopic (exact) mass is 426 g/mol. The van der Waals surface area contributed by atoms with Crippen molar-refractivity contribution in [3.8, 4) is 5.75 Å². The number of ether oxygens (including phenoxy) is 1. The Balaban J connectivity index is 1.24. The number of piperazine rings is 1. The van der Waals surface area contributed by atoms with E-state index < -0.39 is 0 Å². The zero-order chi connectivity index (χ0) is 21.6. The van der Waals surface area contributed by atoms with Crippen LogP contribution >= 0.6 is 0 Å². The number of piperidine rings is 1. The zero-order valence-corrected chi connectivity index (χ0v) is 18.8. The average molecular weight is 427 g/mol. The Kier molecular flexibility index (Phi) is 7.25. The number of rotatable bonds is 7. The fraction of sp³-hybridized carbons (Fsp3) is 0.583. The average Bonchev–Trinajstić information content (AvgIpc) is 3.25. The second kappa shape index (κ2) is 10.3. The number of carbonyl (C=O) groups is 1. The summed E-state index contributed by atoms with van der Waals surface area (Å²) in [5.41, 5.74) is 1.75. The van der Waals surface area contributed by atoms with Crippen molar-refractivity contribution in [2.45, 2.75) is 52.2 Å². The first-order valence-electron chi connectivity index (χ1n) is 11.5. The summed E-state index contributed by atoms with van der Waals surface area (Å²) in [7, 11) is 0. The summed E-state index contributed by atoms with van der Waals surface area (Å²) in [6.45, 7) is 11.2. The van der Waals surface area contributed by atoms with Gasteiger partial charge in [0.25, 0.3) is 5.91 Å². The molecule has 0 N–H and O–H groups in total. The van der Waals surface area contributed by atoms with E-state index in [0.29, 0.717) is 24.7 Å². The van der Waals surface area contributed by atoms with Crippen LogP contribution in [0.25, 0.3) is 0 Å². The third-order valence-electron chi connectivity index (χ3n) is 6.30. The van der Waals surface area contributed by atoms with Crippen LogP contribution in [-0.2, 0) is 13.1 Å². The molecular formula is C24H34N4O3. The van der Waals surface area contributed by atoms with Gasteiger partial charge in [0, 0.05) is 45.3 Å². The van der Waals surface area contributed by atoms with Gasteiger partial charge < -0.3 is 14.1 Å². The zero-order valence-electron chi connectivity index (χ0n) is 18.8. The van der Waals surface area contributed by atoms with Gasteiger partial charge in [-0.3, -0.25) is 14.6 Å². The summed E-state index contributed by atoms with van der Waals surface area (Å²) in [6.07, 6.45) is 4.86. The normalized spacial score (nSPS) is 20.7. The first-order valence-corrected chi connectivity index (χ1v) is 11.5. The van der Waals surface area contributed by atoms with E-state index in [1.807, 2.05) is 24.0 Å². The van der Waals surface area contributed by atoms with Crippen molar-refractivity contribution < 1.29 is 13.9 Å². The van der Waals surface area contributed by atoms with Crippen LogP contribution in [0.3, 0.4) is 0 Å². The van der Waals surface area contributed by atoms with Gasteiger partial charge in [-0.25, -0.2) is 4.98 Å². The fourth-order valence-corrected chi connectivity index (χ4v) is 4.44. The molecule has 1 amide bonds. The molecule has 31 heavy (non-hydrogen) atoms. The van der Waals surface area contributed by atoms with Gasteiger partial charge in [-0.2, -0.15) is 0 Å². The van der Waals surface area contributed by atoms with E-state index in [-0.39, 0.29) is 11.9 Å². The Bertz CT molecular complexity index is 843. The summed E-state index contributed by atoms with van der Waals surface area (Å²) in [5.74, 6) is 1.56. The van der Waals surface area contributed by atoms with Crippen molar-refractivity contribution >= 4 is 5.91 Å². The SMILES string of the molecule is CCOc1ccc(CN2CCN(Cc3nc(C(=O)N4CCCCC4C)co3)CC2)cc1. The summed E-state index contributed by atoms with van der Waals surface area (Å²) >= 11 is 0. The van der Waals surface area contributed by atoms with Crippen molar-refractivity contribution in [1.82, 2.24) is 19.7 Å². The number of likely N-dealkylation sites (tertiary alicyclic amines) is 1. The summed E-state index contributed by atoms with van der Waals surface area (Å²) in [6, 6.07) is 8.66. The first-order chi connectivity index (χ1) is 15.1. The maximum Gasteiger partial charge on any atom is 0.276 e. The molecule has 1 aromatic carbocycles. The molecule has 0 aliphatic carbocycles. The van der Waals surface area contributed by atoms with E-state index >= 15 is 0 Å². The molecule has 2 aliphatic heterocycles. The molecule has 7 nitrogen and oxygen atoms in total. The van der Waals surface area contributed by atoms with Crippen LogP contribution in [0.4, 0.5) is 0 Å². The van der Waals surface area contributed by atoms with Crippen LogP contribution in [0.1, 0.15) is 55.1 Å².